The summed E-state index contributed by atoms with van der Waals surface area (Å²) in [6.07, 6.45) is -0.313. The first-order chi connectivity index (χ1) is 21.3. The van der Waals surface area contributed by atoms with Gasteiger partial charge in [-0.1, -0.05) is 74.5 Å². The van der Waals surface area contributed by atoms with E-state index in [1.54, 1.807) is 53.4 Å². The van der Waals surface area contributed by atoms with Gasteiger partial charge in [0.2, 0.25) is 12.0 Å². The van der Waals surface area contributed by atoms with E-state index in [1.807, 2.05) is 50.2 Å². The number of aromatic nitrogens is 2. The van der Waals surface area contributed by atoms with Crippen molar-refractivity contribution in [2.45, 2.75) is 44.9 Å². The van der Waals surface area contributed by atoms with Gasteiger partial charge in [0.1, 0.15) is 5.54 Å². The van der Waals surface area contributed by atoms with Crippen LogP contribution in [0.2, 0.25) is 0 Å². The van der Waals surface area contributed by atoms with Crippen LogP contribution >= 0.6 is 0 Å². The van der Waals surface area contributed by atoms with Crippen LogP contribution in [-0.4, -0.2) is 52.7 Å². The van der Waals surface area contributed by atoms with Crippen LogP contribution in [0, 0.1) is 0 Å². The Kier molecular flexibility index (Phi) is 9.01. The number of anilines is 1. The fourth-order valence-electron chi connectivity index (χ4n) is 5.52. The van der Waals surface area contributed by atoms with E-state index in [0.29, 0.717) is 35.2 Å². The zero-order valence-corrected chi connectivity index (χ0v) is 24.8. The zero-order chi connectivity index (χ0) is 31.3. The lowest BCUT2D eigenvalue weighted by atomic mass is 9.77. The average Bonchev–Trinajstić information content (AvgIpc) is 3.18. The fraction of sp³-hybridized carbons (Fsp3) is 0.265. The van der Waals surface area contributed by atoms with E-state index in [4.69, 9.17) is 9.47 Å². The van der Waals surface area contributed by atoms with Gasteiger partial charge in [0, 0.05) is 22.6 Å². The molecule has 0 bridgehead atoms. The molecule has 2 N–H and O–H groups in total. The van der Waals surface area contributed by atoms with Crippen LogP contribution in [0.4, 0.5) is 5.69 Å². The molecule has 10 nitrogen and oxygen atoms in total. The van der Waals surface area contributed by atoms with Gasteiger partial charge < -0.3 is 19.5 Å². The van der Waals surface area contributed by atoms with Crippen molar-refractivity contribution in [3.8, 4) is 6.01 Å². The summed E-state index contributed by atoms with van der Waals surface area (Å²) in [5.74, 6) is -1.98. The maximum Gasteiger partial charge on any atom is 0.347 e. The minimum Gasteiger partial charge on any atom is -0.478 e. The molecule has 0 fully saturated rings. The number of ether oxygens (including phenoxy) is 2. The maximum absolute atomic E-state index is 13.8. The fourth-order valence-corrected chi connectivity index (χ4v) is 5.52. The van der Waals surface area contributed by atoms with Gasteiger partial charge in [0.25, 0.3) is 0 Å². The molecule has 0 spiro atoms. The van der Waals surface area contributed by atoms with Crippen LogP contribution in [-0.2, 0) is 39.3 Å². The predicted octanol–water partition coefficient (Wildman–Crippen LogP) is 4.30. The first kappa shape index (κ1) is 30.4. The number of carboxylic acids is 1. The molecule has 4 aromatic rings. The summed E-state index contributed by atoms with van der Waals surface area (Å²) in [5, 5.41) is 14.1. The molecule has 5 rings (SSSR count). The number of nitrogens with one attached hydrogen (secondary N) is 1. The Labute approximate surface area is 255 Å². The highest BCUT2D eigenvalue weighted by Gasteiger charge is 2.52. The number of aliphatic carboxylic acids is 1. The quantitative estimate of drug-likeness (QED) is 0.258. The van der Waals surface area contributed by atoms with Crippen LogP contribution in [0.5, 0.6) is 6.01 Å². The van der Waals surface area contributed by atoms with Crippen LogP contribution in [0.3, 0.4) is 0 Å². The van der Waals surface area contributed by atoms with E-state index >= 15 is 0 Å². The molecular weight excluding hydrogens is 560 g/mol. The third kappa shape index (κ3) is 5.89. The number of amides is 1. The second kappa shape index (κ2) is 13.0. The number of methoxy groups -OCH3 is 1. The standard InChI is InChI=1S/C34H34N4O6/c1-4-25-19-26(5-2)37-33(36-25)44-30(31(40)41)34(24-11-7-6-8-12-24)27-13-9-10-14-28(27)38(29(39)20-35-34)21-22-15-17-23(18-16-22)32(42)43-3/h6-19,30,35H,4-5,20-21H2,1-3H3,(H,40,41)/t30-,34+/m1/s1. The van der Waals surface area contributed by atoms with Gasteiger partial charge in [-0.05, 0) is 48.2 Å². The monoisotopic (exact) mass is 594 g/mol. The van der Waals surface area contributed by atoms with Crippen molar-refractivity contribution in [3.05, 3.63) is 119 Å². The third-order valence-electron chi connectivity index (χ3n) is 7.76. The normalized spacial score (nSPS) is 16.9. The molecule has 10 heteroatoms. The number of esters is 1. The largest absolute Gasteiger partial charge is 0.478 e. The lowest BCUT2D eigenvalue weighted by molar-refractivity contribution is -0.149. The summed E-state index contributed by atoms with van der Waals surface area (Å²) in [6.45, 7) is 3.91. The predicted molar refractivity (Wildman–Crippen MR) is 163 cm³/mol. The van der Waals surface area contributed by atoms with E-state index in [0.717, 1.165) is 17.0 Å². The molecule has 0 saturated heterocycles. The maximum atomic E-state index is 13.8. The lowest BCUT2D eigenvalue weighted by Crippen LogP contribution is -2.58. The van der Waals surface area contributed by atoms with Gasteiger partial charge in [-0.15, -0.1) is 0 Å². The second-order valence-electron chi connectivity index (χ2n) is 10.4. The van der Waals surface area contributed by atoms with E-state index in [2.05, 4.69) is 15.3 Å². The lowest BCUT2D eigenvalue weighted by Gasteiger charge is -2.39. The smallest absolute Gasteiger partial charge is 0.347 e. The van der Waals surface area contributed by atoms with E-state index in [9.17, 15) is 19.5 Å². The molecule has 0 radical (unpaired) electrons. The second-order valence-corrected chi connectivity index (χ2v) is 10.4. The van der Waals surface area contributed by atoms with E-state index in [-0.39, 0.29) is 25.0 Å². The topological polar surface area (TPSA) is 131 Å². The number of carbonyl (C=O) groups excluding carboxylic acids is 2. The van der Waals surface area contributed by atoms with Crippen molar-refractivity contribution in [2.75, 3.05) is 18.6 Å². The molecule has 1 aliphatic rings. The highest BCUT2D eigenvalue weighted by Crippen LogP contribution is 2.42. The Morgan fingerprint density at radius 2 is 1.59 bits per heavy atom. The van der Waals surface area contributed by atoms with Crippen LogP contribution < -0.4 is 15.0 Å². The van der Waals surface area contributed by atoms with Crippen molar-refractivity contribution >= 4 is 23.5 Å². The highest BCUT2D eigenvalue weighted by atomic mass is 16.5. The van der Waals surface area contributed by atoms with Crippen molar-refractivity contribution in [1.82, 2.24) is 15.3 Å². The number of hydrogen-bond acceptors (Lipinski definition) is 8. The minimum atomic E-state index is -1.56. The van der Waals surface area contributed by atoms with Crippen LogP contribution in [0.1, 0.15) is 52.3 Å². The van der Waals surface area contributed by atoms with Crippen molar-refractivity contribution in [1.29, 1.82) is 0 Å². The Balaban J connectivity index is 1.66. The first-order valence-corrected chi connectivity index (χ1v) is 14.4. The third-order valence-corrected chi connectivity index (χ3v) is 7.76. The molecule has 0 aliphatic carbocycles. The molecule has 1 amide bonds. The summed E-state index contributed by atoms with van der Waals surface area (Å²) in [4.78, 5) is 49.6. The van der Waals surface area contributed by atoms with E-state index in [1.165, 1.54) is 7.11 Å². The Bertz CT molecular complexity index is 1640. The zero-order valence-electron chi connectivity index (χ0n) is 24.8. The molecule has 3 aromatic carbocycles. The summed E-state index contributed by atoms with van der Waals surface area (Å²) >= 11 is 0. The van der Waals surface area contributed by atoms with E-state index < -0.39 is 23.6 Å². The first-order valence-electron chi connectivity index (χ1n) is 14.4. The average molecular weight is 595 g/mol. The van der Waals surface area contributed by atoms with Gasteiger partial charge >= 0.3 is 17.9 Å². The number of carbonyl (C=O) groups is 3. The van der Waals surface area contributed by atoms with Crippen molar-refractivity contribution in [3.63, 3.8) is 0 Å². The number of carboxylic acid groups (broad SMARTS) is 1. The molecular formula is C34H34N4O6. The minimum absolute atomic E-state index is 0.0405. The number of fused-ring (bicyclic) bond motifs is 1. The number of nitrogens with zero attached hydrogens (tertiary/aromatic N) is 3. The molecule has 226 valence electrons. The number of hydrogen-bond donors (Lipinski definition) is 2. The van der Waals surface area contributed by atoms with Gasteiger partial charge in [-0.3, -0.25) is 10.1 Å². The number of para-hydroxylation sites is 1. The van der Waals surface area contributed by atoms with Gasteiger partial charge in [-0.2, -0.15) is 0 Å². The highest BCUT2D eigenvalue weighted by molar-refractivity contribution is 5.97. The summed E-state index contributed by atoms with van der Waals surface area (Å²) < 4.78 is 11.0. The Hall–Kier alpha value is -5.09. The SMILES string of the molecule is CCc1cc(CC)nc(O[C@H](C(=O)O)[C@@]2(c3ccccc3)NCC(=O)N(Cc3ccc(C(=O)OC)cc3)c3ccccc32)n1. The van der Waals surface area contributed by atoms with Crippen molar-refractivity contribution < 1.29 is 29.0 Å². The summed E-state index contributed by atoms with van der Waals surface area (Å²) in [7, 11) is 1.32. The summed E-state index contributed by atoms with van der Waals surface area (Å²) in [5.41, 5.74) is 2.78. The molecule has 0 unspecified atom stereocenters. The summed E-state index contributed by atoms with van der Waals surface area (Å²) in [6, 6.07) is 25.0. The Morgan fingerprint density at radius 1 is 0.955 bits per heavy atom. The van der Waals surface area contributed by atoms with Crippen molar-refractivity contribution in [2.24, 2.45) is 0 Å². The number of aryl methyl sites for hydroxylation is 2. The molecule has 1 aliphatic heterocycles. The molecule has 1 aromatic heterocycles. The molecule has 2 heterocycles. The van der Waals surface area contributed by atoms with Crippen LogP contribution in [0.25, 0.3) is 0 Å². The molecule has 2 atom stereocenters. The van der Waals surface area contributed by atoms with Gasteiger partial charge in [-0.25, -0.2) is 19.6 Å². The molecule has 0 saturated carbocycles. The Morgan fingerprint density at radius 3 is 2.20 bits per heavy atom. The number of benzene rings is 3. The van der Waals surface area contributed by atoms with Gasteiger partial charge in [0.15, 0.2) is 0 Å². The van der Waals surface area contributed by atoms with Gasteiger partial charge in [0.05, 0.1) is 25.8 Å². The number of rotatable bonds is 10. The molecule has 44 heavy (non-hydrogen) atoms. The van der Waals surface area contributed by atoms with Crippen LogP contribution in [0.15, 0.2) is 84.9 Å².